The maximum absolute atomic E-state index is 13.3. The number of nitrogens with zero attached hydrogens (tertiary/aromatic N) is 3. The van der Waals surface area contributed by atoms with E-state index in [9.17, 15) is 26.0 Å². The van der Waals surface area contributed by atoms with Crippen molar-refractivity contribution in [2.75, 3.05) is 43.3 Å². The van der Waals surface area contributed by atoms with Gasteiger partial charge in [0.15, 0.2) is 0 Å². The van der Waals surface area contributed by atoms with Crippen molar-refractivity contribution in [1.29, 1.82) is 0 Å². The zero-order valence-corrected chi connectivity index (χ0v) is 20.4. The van der Waals surface area contributed by atoms with E-state index in [1.807, 2.05) is 13.8 Å². The van der Waals surface area contributed by atoms with Gasteiger partial charge < -0.3 is 4.90 Å². The molecule has 0 saturated carbocycles. The summed E-state index contributed by atoms with van der Waals surface area (Å²) in [6.07, 6.45) is 1.14. The molecule has 0 bridgehead atoms. The first-order valence-electron chi connectivity index (χ1n) is 10.5. The number of rotatable bonds is 7. The molecule has 0 radical (unpaired) electrons. The normalized spacial score (nSPS) is 15.6. The highest BCUT2D eigenvalue weighted by atomic mass is 32.2. The molecule has 3 rings (SSSR count). The highest BCUT2D eigenvalue weighted by Crippen LogP contribution is 2.26. The molecule has 0 spiro atoms. The Morgan fingerprint density at radius 3 is 1.97 bits per heavy atom. The van der Waals surface area contributed by atoms with Crippen molar-refractivity contribution < 1.29 is 26.0 Å². The van der Waals surface area contributed by atoms with Crippen molar-refractivity contribution in [2.24, 2.45) is 5.92 Å². The van der Waals surface area contributed by atoms with Crippen LogP contribution in [-0.4, -0.2) is 70.9 Å². The largest absolute Gasteiger partial charge is 0.336 e. The fraction of sp³-hybridized carbons (Fsp3) is 0.409. The second-order valence-corrected chi connectivity index (χ2v) is 12.2. The Labute approximate surface area is 194 Å². The molecule has 0 atom stereocenters. The molecule has 2 aromatic rings. The Balaban J connectivity index is 1.80. The van der Waals surface area contributed by atoms with Gasteiger partial charge in [-0.1, -0.05) is 13.8 Å². The topological polar surface area (TPSA) is 95.1 Å². The second-order valence-electron chi connectivity index (χ2n) is 8.39. The van der Waals surface area contributed by atoms with Crippen molar-refractivity contribution >= 4 is 31.6 Å². The summed E-state index contributed by atoms with van der Waals surface area (Å²) in [4.78, 5) is 14.4. The van der Waals surface area contributed by atoms with Crippen molar-refractivity contribution in [3.63, 3.8) is 0 Å². The average molecular weight is 498 g/mol. The molecule has 1 saturated heterocycles. The molecule has 0 unspecified atom stereocenters. The Hall–Kier alpha value is -2.50. The van der Waals surface area contributed by atoms with Crippen molar-refractivity contribution in [3.8, 4) is 0 Å². The maximum atomic E-state index is 13.3. The van der Waals surface area contributed by atoms with Crippen LogP contribution in [0.5, 0.6) is 0 Å². The van der Waals surface area contributed by atoms with Gasteiger partial charge in [0.25, 0.3) is 15.9 Å². The molecule has 8 nitrogen and oxygen atoms in total. The maximum Gasteiger partial charge on any atom is 0.264 e. The van der Waals surface area contributed by atoms with E-state index in [0.717, 1.165) is 6.26 Å². The van der Waals surface area contributed by atoms with Crippen LogP contribution in [0.1, 0.15) is 24.2 Å². The van der Waals surface area contributed by atoms with E-state index < -0.39 is 25.9 Å². The smallest absolute Gasteiger partial charge is 0.264 e. The minimum Gasteiger partial charge on any atom is -0.336 e. The third-order valence-electron chi connectivity index (χ3n) is 5.33. The molecule has 11 heteroatoms. The van der Waals surface area contributed by atoms with E-state index >= 15 is 0 Å². The monoisotopic (exact) mass is 497 g/mol. The van der Waals surface area contributed by atoms with Crippen molar-refractivity contribution in [1.82, 2.24) is 9.21 Å². The van der Waals surface area contributed by atoms with Gasteiger partial charge in [0.05, 0.1) is 16.8 Å². The summed E-state index contributed by atoms with van der Waals surface area (Å²) in [7, 11) is -7.24. The number of carbonyl (C=O) groups is 1. The zero-order chi connectivity index (χ0) is 24.4. The first-order valence-corrected chi connectivity index (χ1v) is 13.8. The minimum atomic E-state index is -3.94. The van der Waals surface area contributed by atoms with Crippen LogP contribution < -0.4 is 4.31 Å². The van der Waals surface area contributed by atoms with Crippen molar-refractivity contribution in [2.45, 2.75) is 18.7 Å². The summed E-state index contributed by atoms with van der Waals surface area (Å²) in [6, 6.07) is 10.9. The summed E-state index contributed by atoms with van der Waals surface area (Å²) in [5, 5.41) is 0. The first kappa shape index (κ1) is 25.1. The number of benzene rings is 2. The molecule has 33 heavy (non-hydrogen) atoms. The van der Waals surface area contributed by atoms with Gasteiger partial charge in [0.1, 0.15) is 5.82 Å². The lowest BCUT2D eigenvalue weighted by atomic mass is 10.2. The second kappa shape index (κ2) is 9.78. The number of anilines is 1. The van der Waals surface area contributed by atoms with Crippen LogP contribution in [0, 0.1) is 11.7 Å². The highest BCUT2D eigenvalue weighted by molar-refractivity contribution is 7.92. The number of carbonyl (C=O) groups excluding carboxylic acids is 1. The molecule has 0 N–H and O–H groups in total. The summed E-state index contributed by atoms with van der Waals surface area (Å²) >= 11 is 0. The van der Waals surface area contributed by atoms with Gasteiger partial charge in [0.2, 0.25) is 10.0 Å². The van der Waals surface area contributed by atoms with Crippen LogP contribution in [0.3, 0.4) is 0 Å². The number of piperazine rings is 1. The molecule has 1 aliphatic rings. The Morgan fingerprint density at radius 2 is 1.48 bits per heavy atom. The highest BCUT2D eigenvalue weighted by Gasteiger charge is 2.28. The molecule has 1 amide bonds. The van der Waals surface area contributed by atoms with Crippen LogP contribution in [0.2, 0.25) is 0 Å². The standard InChI is InChI=1S/C22H28FN3O5S2/c1-17(2)16-26(20-8-6-19(23)7-9-20)33(30,31)21-10-4-18(5-11-21)22(27)24-12-14-25(15-13-24)32(3,28)29/h4-11,17H,12-16H2,1-3H3. The minimum absolute atomic E-state index is 0.0194. The van der Waals surface area contributed by atoms with Gasteiger partial charge in [-0.25, -0.2) is 21.2 Å². The van der Waals surface area contributed by atoms with Gasteiger partial charge in [0, 0.05) is 38.3 Å². The quantitative estimate of drug-likeness (QED) is 0.586. The molecule has 1 aliphatic heterocycles. The summed E-state index contributed by atoms with van der Waals surface area (Å²) in [5.41, 5.74) is 0.674. The number of hydrogen-bond donors (Lipinski definition) is 0. The summed E-state index contributed by atoms with van der Waals surface area (Å²) < 4.78 is 65.9. The van der Waals surface area contributed by atoms with Crippen LogP contribution in [0.25, 0.3) is 0 Å². The van der Waals surface area contributed by atoms with E-state index in [0.29, 0.717) is 11.3 Å². The fourth-order valence-electron chi connectivity index (χ4n) is 3.58. The number of amides is 1. The predicted molar refractivity (Wildman–Crippen MR) is 125 cm³/mol. The lowest BCUT2D eigenvalue weighted by Gasteiger charge is -2.33. The molecule has 180 valence electrons. The third-order valence-corrected chi connectivity index (χ3v) is 8.44. The molecule has 0 aromatic heterocycles. The van der Waals surface area contributed by atoms with E-state index in [1.165, 1.54) is 57.1 Å². The van der Waals surface area contributed by atoms with E-state index in [4.69, 9.17) is 0 Å². The SMILES string of the molecule is CC(C)CN(c1ccc(F)cc1)S(=O)(=O)c1ccc(C(=O)N2CCN(S(C)(=O)=O)CC2)cc1. The van der Waals surface area contributed by atoms with E-state index in [1.54, 1.807) is 4.90 Å². The van der Waals surface area contributed by atoms with Crippen molar-refractivity contribution in [3.05, 3.63) is 59.9 Å². The van der Waals surface area contributed by atoms with Gasteiger partial charge >= 0.3 is 0 Å². The zero-order valence-electron chi connectivity index (χ0n) is 18.8. The van der Waals surface area contributed by atoms with Gasteiger partial charge in [-0.3, -0.25) is 9.10 Å². The van der Waals surface area contributed by atoms with E-state index in [-0.39, 0.29) is 49.4 Å². The number of halogens is 1. The molecular weight excluding hydrogens is 469 g/mol. The first-order chi connectivity index (χ1) is 15.4. The van der Waals surface area contributed by atoms with Crippen LogP contribution in [0.15, 0.2) is 53.4 Å². The lowest BCUT2D eigenvalue weighted by molar-refractivity contribution is 0.0698. The molecule has 1 heterocycles. The fourth-order valence-corrected chi connectivity index (χ4v) is 6.04. The van der Waals surface area contributed by atoms with Crippen LogP contribution >= 0.6 is 0 Å². The van der Waals surface area contributed by atoms with Gasteiger partial charge in [-0.2, -0.15) is 4.31 Å². The Morgan fingerprint density at radius 1 is 0.939 bits per heavy atom. The Kier molecular flexibility index (Phi) is 7.45. The van der Waals surface area contributed by atoms with Gasteiger partial charge in [-0.05, 0) is 54.4 Å². The molecular formula is C22H28FN3O5S2. The molecule has 1 fully saturated rings. The van der Waals surface area contributed by atoms with E-state index in [2.05, 4.69) is 0 Å². The average Bonchev–Trinajstić information content (AvgIpc) is 2.77. The van der Waals surface area contributed by atoms with Crippen LogP contribution in [-0.2, 0) is 20.0 Å². The Bertz CT molecular complexity index is 1190. The summed E-state index contributed by atoms with van der Waals surface area (Å²) in [5.74, 6) is -0.721. The lowest BCUT2D eigenvalue weighted by Crippen LogP contribution is -2.50. The number of hydrogen-bond acceptors (Lipinski definition) is 5. The molecule has 2 aromatic carbocycles. The number of sulfonamides is 2. The van der Waals surface area contributed by atoms with Crippen LogP contribution in [0.4, 0.5) is 10.1 Å². The molecule has 0 aliphatic carbocycles. The van der Waals surface area contributed by atoms with Gasteiger partial charge in [-0.15, -0.1) is 0 Å². The predicted octanol–water partition coefficient (Wildman–Crippen LogP) is 2.39. The third kappa shape index (κ3) is 5.90. The summed E-state index contributed by atoms with van der Waals surface area (Å²) in [6.45, 7) is 4.95.